The molecule has 0 spiro atoms. The zero-order valence-electron chi connectivity index (χ0n) is 11.9. The molecule has 1 saturated heterocycles. The molecule has 8 nitrogen and oxygen atoms in total. The lowest BCUT2D eigenvalue weighted by Crippen LogP contribution is -2.18. The van der Waals surface area contributed by atoms with Crippen molar-refractivity contribution in [3.63, 3.8) is 0 Å². The number of nitrogens with zero attached hydrogens (tertiary/aromatic N) is 6. The van der Waals surface area contributed by atoms with Gasteiger partial charge in [0.25, 0.3) is 5.95 Å². The Morgan fingerprint density at radius 2 is 2.14 bits per heavy atom. The summed E-state index contributed by atoms with van der Waals surface area (Å²) in [7, 11) is 0. The zero-order chi connectivity index (χ0) is 14.5. The van der Waals surface area contributed by atoms with Crippen molar-refractivity contribution in [2.24, 2.45) is 0 Å². The number of aromatic nitrogens is 6. The van der Waals surface area contributed by atoms with E-state index in [1.54, 1.807) is 6.33 Å². The van der Waals surface area contributed by atoms with Gasteiger partial charge in [0.05, 0.1) is 0 Å². The minimum atomic E-state index is 0.458. The fraction of sp³-hybridized carbons (Fsp3) is 0.583. The molecule has 0 bridgehead atoms. The first kappa shape index (κ1) is 14.1. The minimum Gasteiger partial charge on any atom is -0.354 e. The SMILES string of the molecule is CCNc1nc(NCC2CCCS2)nc(-n2cncn2)n1. The molecule has 112 valence electrons. The highest BCUT2D eigenvalue weighted by Gasteiger charge is 2.16. The monoisotopic (exact) mass is 306 g/mol. The van der Waals surface area contributed by atoms with Gasteiger partial charge in [-0.25, -0.2) is 4.98 Å². The summed E-state index contributed by atoms with van der Waals surface area (Å²) in [6.45, 7) is 3.62. The van der Waals surface area contributed by atoms with Crippen molar-refractivity contribution in [3.8, 4) is 5.95 Å². The van der Waals surface area contributed by atoms with Gasteiger partial charge < -0.3 is 10.6 Å². The standard InChI is InChI=1S/C12H18N8S/c1-2-14-10-17-11(15-6-9-4-3-5-21-9)19-12(18-10)20-8-13-7-16-20/h7-9H,2-6H2,1H3,(H2,14,15,17,18,19). The molecule has 3 heterocycles. The summed E-state index contributed by atoms with van der Waals surface area (Å²) in [5.74, 6) is 2.81. The van der Waals surface area contributed by atoms with E-state index in [2.05, 4.69) is 35.7 Å². The summed E-state index contributed by atoms with van der Waals surface area (Å²) >= 11 is 2.00. The smallest absolute Gasteiger partial charge is 0.258 e. The van der Waals surface area contributed by atoms with Gasteiger partial charge >= 0.3 is 0 Å². The van der Waals surface area contributed by atoms with E-state index in [0.29, 0.717) is 23.1 Å². The van der Waals surface area contributed by atoms with Gasteiger partial charge in [-0.05, 0) is 25.5 Å². The molecule has 21 heavy (non-hydrogen) atoms. The lowest BCUT2D eigenvalue weighted by atomic mass is 10.2. The molecular weight excluding hydrogens is 288 g/mol. The van der Waals surface area contributed by atoms with Gasteiger partial charge in [0.2, 0.25) is 11.9 Å². The van der Waals surface area contributed by atoms with Gasteiger partial charge in [0, 0.05) is 18.3 Å². The van der Waals surface area contributed by atoms with Crippen LogP contribution in [-0.4, -0.2) is 53.8 Å². The fourth-order valence-corrected chi connectivity index (χ4v) is 3.31. The van der Waals surface area contributed by atoms with Crippen LogP contribution in [0.5, 0.6) is 0 Å². The number of anilines is 2. The minimum absolute atomic E-state index is 0.458. The van der Waals surface area contributed by atoms with E-state index in [4.69, 9.17) is 0 Å². The fourth-order valence-electron chi connectivity index (χ4n) is 2.11. The summed E-state index contributed by atoms with van der Waals surface area (Å²) in [5, 5.41) is 11.1. The second-order valence-electron chi connectivity index (χ2n) is 4.67. The van der Waals surface area contributed by atoms with Crippen molar-refractivity contribution >= 4 is 23.7 Å². The maximum Gasteiger partial charge on any atom is 0.258 e. The Balaban J connectivity index is 1.77. The molecule has 0 radical (unpaired) electrons. The molecule has 1 aliphatic heterocycles. The van der Waals surface area contributed by atoms with Crippen LogP contribution in [0.4, 0.5) is 11.9 Å². The summed E-state index contributed by atoms with van der Waals surface area (Å²) in [4.78, 5) is 17.0. The van der Waals surface area contributed by atoms with Crippen molar-refractivity contribution in [2.45, 2.75) is 25.0 Å². The van der Waals surface area contributed by atoms with Gasteiger partial charge in [0.15, 0.2) is 0 Å². The molecule has 1 atom stereocenters. The number of rotatable bonds is 6. The van der Waals surface area contributed by atoms with Crippen LogP contribution in [0.15, 0.2) is 12.7 Å². The number of hydrogen-bond acceptors (Lipinski definition) is 8. The molecule has 2 aromatic heterocycles. The van der Waals surface area contributed by atoms with Gasteiger partial charge in [-0.1, -0.05) is 0 Å². The third-order valence-electron chi connectivity index (χ3n) is 3.09. The molecule has 1 fully saturated rings. The Labute approximate surface area is 127 Å². The first-order valence-electron chi connectivity index (χ1n) is 7.05. The summed E-state index contributed by atoms with van der Waals surface area (Å²) in [5.41, 5.74) is 0. The second kappa shape index (κ2) is 6.70. The molecule has 3 rings (SSSR count). The molecule has 2 N–H and O–H groups in total. The highest BCUT2D eigenvalue weighted by Crippen LogP contribution is 2.26. The number of hydrogen-bond donors (Lipinski definition) is 2. The van der Waals surface area contributed by atoms with Gasteiger partial charge in [-0.3, -0.25) is 0 Å². The van der Waals surface area contributed by atoms with Crippen LogP contribution in [-0.2, 0) is 0 Å². The van der Waals surface area contributed by atoms with E-state index in [-0.39, 0.29) is 0 Å². The topological polar surface area (TPSA) is 93.4 Å². The van der Waals surface area contributed by atoms with Crippen molar-refractivity contribution in [1.29, 1.82) is 0 Å². The average Bonchev–Trinajstić information content (AvgIpc) is 3.19. The van der Waals surface area contributed by atoms with Gasteiger partial charge in [-0.15, -0.1) is 0 Å². The molecule has 1 aliphatic rings. The molecule has 1 unspecified atom stereocenters. The Bertz CT molecular complexity index is 567. The lowest BCUT2D eigenvalue weighted by Gasteiger charge is -2.12. The zero-order valence-corrected chi connectivity index (χ0v) is 12.7. The Morgan fingerprint density at radius 3 is 2.81 bits per heavy atom. The van der Waals surface area contributed by atoms with Gasteiger partial charge in [0.1, 0.15) is 12.7 Å². The lowest BCUT2D eigenvalue weighted by molar-refractivity contribution is 0.779. The van der Waals surface area contributed by atoms with Crippen molar-refractivity contribution in [2.75, 3.05) is 29.5 Å². The van der Waals surface area contributed by atoms with Crippen molar-refractivity contribution in [3.05, 3.63) is 12.7 Å². The van der Waals surface area contributed by atoms with Crippen LogP contribution in [0.3, 0.4) is 0 Å². The van der Waals surface area contributed by atoms with E-state index in [1.165, 1.54) is 29.6 Å². The third-order valence-corrected chi connectivity index (χ3v) is 4.49. The Hall–Kier alpha value is -1.90. The van der Waals surface area contributed by atoms with Crippen LogP contribution in [0.2, 0.25) is 0 Å². The average molecular weight is 306 g/mol. The van der Waals surface area contributed by atoms with E-state index in [0.717, 1.165) is 13.1 Å². The highest BCUT2D eigenvalue weighted by atomic mass is 32.2. The normalized spacial score (nSPS) is 17.9. The molecular formula is C12H18N8S. The van der Waals surface area contributed by atoms with Crippen LogP contribution in [0.25, 0.3) is 5.95 Å². The molecule has 2 aromatic rings. The van der Waals surface area contributed by atoms with Crippen LogP contribution in [0, 0.1) is 0 Å². The highest BCUT2D eigenvalue weighted by molar-refractivity contribution is 8.00. The Kier molecular flexibility index (Phi) is 4.49. The first-order valence-corrected chi connectivity index (χ1v) is 8.10. The molecule has 0 aliphatic carbocycles. The summed E-state index contributed by atoms with van der Waals surface area (Å²) in [6, 6.07) is 0. The quantitative estimate of drug-likeness (QED) is 0.822. The largest absolute Gasteiger partial charge is 0.354 e. The number of nitrogens with one attached hydrogen (secondary N) is 2. The van der Waals surface area contributed by atoms with Crippen molar-refractivity contribution < 1.29 is 0 Å². The maximum absolute atomic E-state index is 4.40. The first-order chi connectivity index (χ1) is 10.3. The molecule has 0 aromatic carbocycles. The van der Waals surface area contributed by atoms with Crippen LogP contribution >= 0.6 is 11.8 Å². The van der Waals surface area contributed by atoms with E-state index >= 15 is 0 Å². The van der Waals surface area contributed by atoms with E-state index in [9.17, 15) is 0 Å². The summed E-state index contributed by atoms with van der Waals surface area (Å²) in [6.07, 6.45) is 5.57. The Morgan fingerprint density at radius 1 is 1.29 bits per heavy atom. The van der Waals surface area contributed by atoms with Crippen LogP contribution < -0.4 is 10.6 Å². The van der Waals surface area contributed by atoms with Crippen molar-refractivity contribution in [1.82, 2.24) is 29.7 Å². The maximum atomic E-state index is 4.40. The summed E-state index contributed by atoms with van der Waals surface area (Å²) < 4.78 is 1.53. The third kappa shape index (κ3) is 3.60. The van der Waals surface area contributed by atoms with Gasteiger partial charge in [-0.2, -0.15) is 36.5 Å². The van der Waals surface area contributed by atoms with Crippen LogP contribution in [0.1, 0.15) is 19.8 Å². The van der Waals surface area contributed by atoms with E-state index < -0.39 is 0 Å². The van der Waals surface area contributed by atoms with E-state index in [1.807, 2.05) is 18.7 Å². The predicted molar refractivity (Wildman–Crippen MR) is 82.9 cm³/mol. The predicted octanol–water partition coefficient (Wildman–Crippen LogP) is 1.19. The number of thioether (sulfide) groups is 1. The molecule has 0 amide bonds. The molecule has 9 heteroatoms. The molecule has 0 saturated carbocycles. The second-order valence-corrected chi connectivity index (χ2v) is 6.08.